The molecule has 0 radical (unpaired) electrons. The summed E-state index contributed by atoms with van der Waals surface area (Å²) in [5.41, 5.74) is 11.9. The minimum Gasteiger partial charge on any atom is -0.443 e. The summed E-state index contributed by atoms with van der Waals surface area (Å²) in [5.74, 6) is -0.811. The van der Waals surface area contributed by atoms with Crippen molar-refractivity contribution in [1.29, 1.82) is 5.26 Å². The average Bonchev–Trinajstić information content (AvgIpc) is 3.16. The fraction of sp³-hybridized carbons (Fsp3) is 0.263. The molecule has 0 spiro atoms. The topological polar surface area (TPSA) is 131 Å². The first-order valence-electron chi connectivity index (χ1n) is 8.62. The molecule has 0 bridgehead atoms. The van der Waals surface area contributed by atoms with Gasteiger partial charge < -0.3 is 21.1 Å². The summed E-state index contributed by atoms with van der Waals surface area (Å²) in [7, 11) is 0. The number of amides is 1. The van der Waals surface area contributed by atoms with Crippen molar-refractivity contribution in [3.05, 3.63) is 59.2 Å². The molecule has 4 N–H and O–H groups in total. The number of benzene rings is 1. The minimum absolute atomic E-state index is 0.139. The monoisotopic (exact) mass is 382 g/mol. The number of nitrogens with zero attached hydrogens (tertiary/aromatic N) is 4. The van der Waals surface area contributed by atoms with Crippen molar-refractivity contribution in [2.45, 2.75) is 18.9 Å². The number of nitriles is 1. The molecular formula is C19H19FN6O2. The van der Waals surface area contributed by atoms with Crippen LogP contribution in [0.2, 0.25) is 0 Å². The average molecular weight is 382 g/mol. The molecule has 0 aliphatic carbocycles. The number of hydrogen-bond acceptors (Lipinski definition) is 5. The molecule has 144 valence electrons. The van der Waals surface area contributed by atoms with Crippen LogP contribution in [0.3, 0.4) is 0 Å². The van der Waals surface area contributed by atoms with Gasteiger partial charge in [-0.2, -0.15) is 5.26 Å². The number of halogens is 1. The molecule has 1 aliphatic heterocycles. The van der Waals surface area contributed by atoms with E-state index in [1.54, 1.807) is 12.4 Å². The third kappa shape index (κ3) is 4.17. The number of pyridine rings is 1. The maximum absolute atomic E-state index is 15.1. The first-order valence-corrected chi connectivity index (χ1v) is 8.62. The molecule has 1 fully saturated rings. The predicted octanol–water partition coefficient (Wildman–Crippen LogP) is 2.00. The van der Waals surface area contributed by atoms with Crippen LogP contribution in [0.1, 0.15) is 29.0 Å². The van der Waals surface area contributed by atoms with Crippen molar-refractivity contribution in [1.82, 2.24) is 4.98 Å². The summed E-state index contributed by atoms with van der Waals surface area (Å²) in [4.78, 5) is 20.5. The van der Waals surface area contributed by atoms with E-state index in [1.807, 2.05) is 23.1 Å². The number of hydrogen-bond donors (Lipinski definition) is 2. The molecule has 2 aromatic rings. The van der Waals surface area contributed by atoms with Crippen molar-refractivity contribution in [2.24, 2.45) is 16.5 Å². The summed E-state index contributed by atoms with van der Waals surface area (Å²) < 4.78 is 20.0. The summed E-state index contributed by atoms with van der Waals surface area (Å²) in [6, 6.07) is 8.84. The highest BCUT2D eigenvalue weighted by molar-refractivity contribution is 5.87. The Morgan fingerprint density at radius 1 is 1.36 bits per heavy atom. The van der Waals surface area contributed by atoms with Crippen LogP contribution in [0, 0.1) is 17.1 Å². The highest BCUT2D eigenvalue weighted by atomic mass is 19.1. The van der Waals surface area contributed by atoms with Crippen LogP contribution < -0.4 is 16.4 Å². The first kappa shape index (κ1) is 19.1. The Morgan fingerprint density at radius 3 is 2.79 bits per heavy atom. The quantitative estimate of drug-likeness (QED) is 0.611. The highest BCUT2D eigenvalue weighted by Gasteiger charge is 2.28. The van der Waals surface area contributed by atoms with Gasteiger partial charge >= 0.3 is 6.09 Å². The first-order chi connectivity index (χ1) is 13.5. The third-order valence-corrected chi connectivity index (χ3v) is 4.57. The van der Waals surface area contributed by atoms with E-state index >= 15 is 4.39 Å². The number of carbonyl (C=O) groups is 1. The summed E-state index contributed by atoms with van der Waals surface area (Å²) >= 11 is 0. The second kappa shape index (κ2) is 8.35. The lowest BCUT2D eigenvalue weighted by Crippen LogP contribution is -2.24. The SMILES string of the molecule is N#Cc1ccc(COC(=O)N=C(N)N)c(F)c1N1CCC(c2ccncc2)C1. The van der Waals surface area contributed by atoms with Crippen molar-refractivity contribution in [3.63, 3.8) is 0 Å². The maximum atomic E-state index is 15.1. The molecule has 2 heterocycles. The number of guanidine groups is 1. The Balaban J connectivity index is 1.81. The molecule has 1 amide bonds. The standard InChI is InChI=1S/C19H19FN6O2/c20-16-15(11-28-19(27)25-18(22)23)2-1-13(9-21)17(16)26-8-5-14(10-26)12-3-6-24-7-4-12/h1-4,6-7,14H,5,8,10-11H2,(H4,22,23,25,27). The third-order valence-electron chi connectivity index (χ3n) is 4.57. The van der Waals surface area contributed by atoms with Gasteiger partial charge in [0.1, 0.15) is 12.7 Å². The van der Waals surface area contributed by atoms with Gasteiger partial charge in [-0.15, -0.1) is 4.99 Å². The Labute approximate surface area is 161 Å². The molecule has 8 nitrogen and oxygen atoms in total. The van der Waals surface area contributed by atoms with Gasteiger partial charge in [-0.05, 0) is 30.2 Å². The number of rotatable bonds is 4. The predicted molar refractivity (Wildman–Crippen MR) is 101 cm³/mol. The van der Waals surface area contributed by atoms with Crippen LogP contribution in [0.25, 0.3) is 0 Å². The van der Waals surface area contributed by atoms with Crippen LogP contribution in [-0.4, -0.2) is 30.1 Å². The highest BCUT2D eigenvalue weighted by Crippen LogP contribution is 2.35. The molecule has 1 atom stereocenters. The molecule has 28 heavy (non-hydrogen) atoms. The molecule has 0 saturated carbocycles. The second-order valence-corrected chi connectivity index (χ2v) is 6.35. The van der Waals surface area contributed by atoms with Crippen LogP contribution in [-0.2, 0) is 11.3 Å². The van der Waals surface area contributed by atoms with Crippen LogP contribution in [0.4, 0.5) is 14.9 Å². The number of nitrogens with two attached hydrogens (primary N) is 2. The zero-order valence-electron chi connectivity index (χ0n) is 15.0. The normalized spacial score (nSPS) is 15.7. The van der Waals surface area contributed by atoms with E-state index in [-0.39, 0.29) is 29.3 Å². The zero-order chi connectivity index (χ0) is 20.1. The number of carbonyl (C=O) groups excluding carboxylic acids is 1. The number of aliphatic imine (C=N–C) groups is 1. The number of anilines is 1. The number of ether oxygens (including phenoxy) is 1. The van der Waals surface area contributed by atoms with Crippen molar-refractivity contribution in [3.8, 4) is 6.07 Å². The van der Waals surface area contributed by atoms with Gasteiger partial charge in [-0.3, -0.25) is 4.98 Å². The van der Waals surface area contributed by atoms with E-state index in [1.165, 1.54) is 12.1 Å². The van der Waals surface area contributed by atoms with E-state index in [9.17, 15) is 10.1 Å². The molecular weight excluding hydrogens is 363 g/mol. The van der Waals surface area contributed by atoms with E-state index in [0.717, 1.165) is 12.0 Å². The summed E-state index contributed by atoms with van der Waals surface area (Å²) in [5, 5.41) is 9.41. The molecule has 1 aliphatic rings. The van der Waals surface area contributed by atoms with Gasteiger partial charge in [-0.1, -0.05) is 6.07 Å². The van der Waals surface area contributed by atoms with Crippen LogP contribution in [0.15, 0.2) is 41.7 Å². The largest absolute Gasteiger partial charge is 0.443 e. The van der Waals surface area contributed by atoms with E-state index in [0.29, 0.717) is 13.1 Å². The smallest absolute Gasteiger partial charge is 0.437 e. The fourth-order valence-corrected chi connectivity index (χ4v) is 3.27. The number of aromatic nitrogens is 1. The summed E-state index contributed by atoms with van der Waals surface area (Å²) in [6.45, 7) is 0.838. The Bertz CT molecular complexity index is 937. The van der Waals surface area contributed by atoms with Gasteiger partial charge in [0.05, 0.1) is 11.3 Å². The van der Waals surface area contributed by atoms with Crippen molar-refractivity contribution < 1.29 is 13.9 Å². The molecule has 1 aromatic heterocycles. The lowest BCUT2D eigenvalue weighted by molar-refractivity contribution is 0.149. The zero-order valence-corrected chi connectivity index (χ0v) is 15.0. The van der Waals surface area contributed by atoms with E-state index in [4.69, 9.17) is 16.2 Å². The van der Waals surface area contributed by atoms with Gasteiger partial charge in [0, 0.05) is 37.0 Å². The molecule has 1 aromatic carbocycles. The molecule has 3 rings (SSSR count). The van der Waals surface area contributed by atoms with Gasteiger partial charge in [0.25, 0.3) is 0 Å². The van der Waals surface area contributed by atoms with Gasteiger partial charge in [0.15, 0.2) is 11.8 Å². The molecule has 9 heteroatoms. The minimum atomic E-state index is -1.01. The Morgan fingerprint density at radius 2 is 2.11 bits per heavy atom. The lowest BCUT2D eigenvalue weighted by Gasteiger charge is -2.22. The van der Waals surface area contributed by atoms with Crippen molar-refractivity contribution in [2.75, 3.05) is 18.0 Å². The fourth-order valence-electron chi connectivity index (χ4n) is 3.27. The van der Waals surface area contributed by atoms with E-state index < -0.39 is 17.9 Å². The lowest BCUT2D eigenvalue weighted by atomic mass is 10.00. The van der Waals surface area contributed by atoms with E-state index in [2.05, 4.69) is 9.98 Å². The maximum Gasteiger partial charge on any atom is 0.437 e. The summed E-state index contributed by atoms with van der Waals surface area (Å²) in [6.07, 6.45) is 3.28. The van der Waals surface area contributed by atoms with Gasteiger partial charge in [0.2, 0.25) is 0 Å². The second-order valence-electron chi connectivity index (χ2n) is 6.35. The van der Waals surface area contributed by atoms with Crippen molar-refractivity contribution >= 4 is 17.7 Å². The van der Waals surface area contributed by atoms with Crippen LogP contribution in [0.5, 0.6) is 0 Å². The Hall–Kier alpha value is -3.67. The molecule has 1 unspecified atom stereocenters. The van der Waals surface area contributed by atoms with Crippen LogP contribution >= 0.6 is 0 Å². The Kier molecular flexibility index (Phi) is 5.69. The van der Waals surface area contributed by atoms with Gasteiger partial charge in [-0.25, -0.2) is 9.18 Å². The molecule has 1 saturated heterocycles.